The van der Waals surface area contributed by atoms with Gasteiger partial charge in [0.25, 0.3) is 0 Å². The van der Waals surface area contributed by atoms with Crippen molar-refractivity contribution < 1.29 is 13.9 Å². The Morgan fingerprint density at radius 2 is 1.95 bits per heavy atom. The van der Waals surface area contributed by atoms with Gasteiger partial charge in [-0.1, -0.05) is 42.5 Å². The van der Waals surface area contributed by atoms with Gasteiger partial charge >= 0.3 is 5.97 Å². The van der Waals surface area contributed by atoms with Crippen molar-refractivity contribution in [1.29, 1.82) is 5.26 Å². The highest BCUT2D eigenvalue weighted by Gasteiger charge is 2.05. The molecule has 4 heteroatoms. The Morgan fingerprint density at radius 1 is 1.19 bits per heavy atom. The summed E-state index contributed by atoms with van der Waals surface area (Å²) < 4.78 is 18.8. The Kier molecular flexibility index (Phi) is 4.84. The molecule has 0 radical (unpaired) electrons. The molecular formula is C17H12FNO2. The lowest BCUT2D eigenvalue weighted by Crippen LogP contribution is -2.00. The topological polar surface area (TPSA) is 50.1 Å². The summed E-state index contributed by atoms with van der Waals surface area (Å²) in [6, 6.07) is 15.4. The second-order valence-corrected chi connectivity index (χ2v) is 4.25. The summed E-state index contributed by atoms with van der Waals surface area (Å²) in [5.74, 6) is -1.22. The molecule has 0 aromatic heterocycles. The molecule has 0 saturated heterocycles. The summed E-state index contributed by atoms with van der Waals surface area (Å²) in [7, 11) is 0. The zero-order chi connectivity index (χ0) is 15.1. The number of carbonyl (C=O) groups excluding carboxylic acids is 1. The van der Waals surface area contributed by atoms with Crippen LogP contribution in [-0.2, 0) is 16.1 Å². The number of ether oxygens (including phenoxy) is 1. The van der Waals surface area contributed by atoms with E-state index in [4.69, 9.17) is 10.00 Å². The van der Waals surface area contributed by atoms with E-state index >= 15 is 0 Å². The smallest absolute Gasteiger partial charge is 0.331 e. The molecule has 0 fully saturated rings. The van der Waals surface area contributed by atoms with E-state index in [1.54, 1.807) is 12.1 Å². The van der Waals surface area contributed by atoms with Gasteiger partial charge < -0.3 is 4.74 Å². The molecule has 2 aromatic rings. The molecule has 0 N–H and O–H groups in total. The van der Waals surface area contributed by atoms with Gasteiger partial charge in [-0.15, -0.1) is 0 Å². The van der Waals surface area contributed by atoms with Crippen LogP contribution in [0.3, 0.4) is 0 Å². The molecule has 0 heterocycles. The lowest BCUT2D eigenvalue weighted by Gasteiger charge is -2.02. The largest absolute Gasteiger partial charge is 0.458 e. The van der Waals surface area contributed by atoms with Crippen LogP contribution in [0.2, 0.25) is 0 Å². The number of carbonyl (C=O) groups is 1. The highest BCUT2D eigenvalue weighted by Crippen LogP contribution is 2.13. The summed E-state index contributed by atoms with van der Waals surface area (Å²) in [5.41, 5.74) is 0.984. The average Bonchev–Trinajstić information content (AvgIpc) is 2.53. The maximum atomic E-state index is 13.7. The first-order valence-electron chi connectivity index (χ1n) is 6.28. The number of halogens is 1. The molecule has 2 aromatic carbocycles. The molecule has 0 saturated carbocycles. The Labute approximate surface area is 121 Å². The molecule has 104 valence electrons. The van der Waals surface area contributed by atoms with Crippen LogP contribution < -0.4 is 0 Å². The van der Waals surface area contributed by atoms with Crippen LogP contribution in [0, 0.1) is 17.1 Å². The van der Waals surface area contributed by atoms with Crippen molar-refractivity contribution >= 4 is 12.0 Å². The third-order valence-electron chi connectivity index (χ3n) is 2.77. The van der Waals surface area contributed by atoms with Crippen molar-refractivity contribution in [2.75, 3.05) is 0 Å². The third-order valence-corrected chi connectivity index (χ3v) is 2.77. The van der Waals surface area contributed by atoms with E-state index < -0.39 is 11.8 Å². The van der Waals surface area contributed by atoms with Crippen LogP contribution in [0.4, 0.5) is 4.39 Å². The van der Waals surface area contributed by atoms with Gasteiger partial charge in [0.1, 0.15) is 18.5 Å². The average molecular weight is 281 g/mol. The molecule has 0 spiro atoms. The van der Waals surface area contributed by atoms with Crippen LogP contribution >= 0.6 is 0 Å². The van der Waals surface area contributed by atoms with Crippen LogP contribution in [0.25, 0.3) is 6.08 Å². The van der Waals surface area contributed by atoms with Crippen molar-refractivity contribution in [3.05, 3.63) is 77.1 Å². The number of esters is 1. The van der Waals surface area contributed by atoms with E-state index in [1.807, 2.05) is 30.3 Å². The van der Waals surface area contributed by atoms with Gasteiger partial charge in [-0.05, 0) is 17.7 Å². The SMILES string of the molecule is N#Cc1cccc(/C=C/C(=O)OCc2ccccc2)c1F. The zero-order valence-corrected chi connectivity index (χ0v) is 11.1. The van der Waals surface area contributed by atoms with E-state index in [1.165, 1.54) is 18.2 Å². The van der Waals surface area contributed by atoms with Crippen molar-refractivity contribution in [3.8, 4) is 6.07 Å². The van der Waals surface area contributed by atoms with Crippen LogP contribution in [0.5, 0.6) is 0 Å². The molecule has 0 aliphatic heterocycles. The molecule has 0 aliphatic rings. The Hall–Kier alpha value is -2.93. The summed E-state index contributed by atoms with van der Waals surface area (Å²) in [6.07, 6.45) is 2.44. The maximum Gasteiger partial charge on any atom is 0.331 e. The number of hydrogen-bond donors (Lipinski definition) is 0. The molecule has 0 atom stereocenters. The normalized spacial score (nSPS) is 10.3. The molecular weight excluding hydrogens is 269 g/mol. The fourth-order valence-corrected chi connectivity index (χ4v) is 1.70. The number of rotatable bonds is 4. The lowest BCUT2D eigenvalue weighted by molar-refractivity contribution is -0.138. The van der Waals surface area contributed by atoms with Crippen LogP contribution in [-0.4, -0.2) is 5.97 Å². The monoisotopic (exact) mass is 281 g/mol. The lowest BCUT2D eigenvalue weighted by atomic mass is 10.1. The Bertz CT molecular complexity index is 702. The predicted molar refractivity (Wildman–Crippen MR) is 76.4 cm³/mol. The first kappa shape index (κ1) is 14.5. The summed E-state index contributed by atoms with van der Waals surface area (Å²) in [5, 5.41) is 8.72. The van der Waals surface area contributed by atoms with Crippen LogP contribution in [0.1, 0.15) is 16.7 Å². The van der Waals surface area contributed by atoms with E-state index in [2.05, 4.69) is 0 Å². The number of nitrogens with zero attached hydrogens (tertiary/aromatic N) is 1. The van der Waals surface area contributed by atoms with Crippen molar-refractivity contribution in [2.24, 2.45) is 0 Å². The third kappa shape index (κ3) is 4.02. The molecule has 0 bridgehead atoms. The summed E-state index contributed by atoms with van der Waals surface area (Å²) >= 11 is 0. The van der Waals surface area contributed by atoms with E-state index in [-0.39, 0.29) is 17.7 Å². The number of nitriles is 1. The standard InChI is InChI=1S/C17H12FNO2/c18-17-14(7-4-8-15(17)11-19)9-10-16(20)21-12-13-5-2-1-3-6-13/h1-10H,12H2/b10-9+. The summed E-state index contributed by atoms with van der Waals surface area (Å²) in [6.45, 7) is 0.157. The van der Waals surface area contributed by atoms with Gasteiger partial charge in [0.15, 0.2) is 0 Å². The minimum atomic E-state index is -0.646. The fourth-order valence-electron chi connectivity index (χ4n) is 1.70. The van der Waals surface area contributed by atoms with Gasteiger partial charge in [-0.25, -0.2) is 9.18 Å². The van der Waals surface area contributed by atoms with Gasteiger partial charge in [0.05, 0.1) is 5.56 Å². The zero-order valence-electron chi connectivity index (χ0n) is 11.1. The first-order valence-corrected chi connectivity index (χ1v) is 6.28. The highest BCUT2D eigenvalue weighted by molar-refractivity contribution is 5.87. The Balaban J connectivity index is 1.98. The van der Waals surface area contributed by atoms with Crippen LogP contribution in [0.15, 0.2) is 54.6 Å². The highest BCUT2D eigenvalue weighted by atomic mass is 19.1. The van der Waals surface area contributed by atoms with Gasteiger partial charge in [0, 0.05) is 11.6 Å². The van der Waals surface area contributed by atoms with Crippen molar-refractivity contribution in [1.82, 2.24) is 0 Å². The molecule has 0 amide bonds. The van der Waals surface area contributed by atoms with Gasteiger partial charge in [-0.2, -0.15) is 5.26 Å². The van der Waals surface area contributed by atoms with E-state index in [9.17, 15) is 9.18 Å². The molecule has 21 heavy (non-hydrogen) atoms. The van der Waals surface area contributed by atoms with Gasteiger partial charge in [-0.3, -0.25) is 0 Å². The molecule has 0 aliphatic carbocycles. The maximum absolute atomic E-state index is 13.7. The van der Waals surface area contributed by atoms with E-state index in [0.717, 1.165) is 11.6 Å². The second-order valence-electron chi connectivity index (χ2n) is 4.25. The fraction of sp³-hybridized carbons (Fsp3) is 0.0588. The molecule has 2 rings (SSSR count). The quantitative estimate of drug-likeness (QED) is 0.637. The second kappa shape index (κ2) is 7.01. The summed E-state index contributed by atoms with van der Waals surface area (Å²) in [4.78, 5) is 11.6. The minimum Gasteiger partial charge on any atom is -0.458 e. The predicted octanol–water partition coefficient (Wildman–Crippen LogP) is 3.45. The first-order chi connectivity index (χ1) is 10.2. The van der Waals surface area contributed by atoms with E-state index in [0.29, 0.717) is 0 Å². The Morgan fingerprint density at radius 3 is 2.67 bits per heavy atom. The van der Waals surface area contributed by atoms with Crippen molar-refractivity contribution in [3.63, 3.8) is 0 Å². The number of hydrogen-bond acceptors (Lipinski definition) is 3. The van der Waals surface area contributed by atoms with Crippen molar-refractivity contribution in [2.45, 2.75) is 6.61 Å². The molecule has 3 nitrogen and oxygen atoms in total. The minimum absolute atomic E-state index is 0.0604. The molecule has 0 unspecified atom stereocenters. The van der Waals surface area contributed by atoms with Gasteiger partial charge in [0.2, 0.25) is 0 Å². The number of benzene rings is 2.